The second-order valence-electron chi connectivity index (χ2n) is 11.9. The van der Waals surface area contributed by atoms with Crippen molar-refractivity contribution in [3.05, 3.63) is 45.8 Å². The van der Waals surface area contributed by atoms with Crippen molar-refractivity contribution in [3.8, 4) is 11.5 Å². The molecular weight excluding hydrogens is 452 g/mol. The number of nitrogens with zero attached hydrogens (tertiary/aromatic N) is 3. The Bertz CT molecular complexity index is 1240. The molecule has 1 spiro atoms. The Kier molecular flexibility index (Phi) is 4.88. The molecule has 4 atom stereocenters. The van der Waals surface area contributed by atoms with Gasteiger partial charge in [0.15, 0.2) is 11.5 Å². The van der Waals surface area contributed by atoms with Crippen molar-refractivity contribution in [1.82, 2.24) is 19.7 Å². The number of H-pyrrole nitrogens is 1. The van der Waals surface area contributed by atoms with Crippen molar-refractivity contribution in [2.24, 2.45) is 5.92 Å². The van der Waals surface area contributed by atoms with E-state index in [2.05, 4.69) is 54.7 Å². The van der Waals surface area contributed by atoms with Crippen LogP contribution < -0.4 is 9.47 Å². The van der Waals surface area contributed by atoms with Crippen molar-refractivity contribution >= 4 is 5.91 Å². The summed E-state index contributed by atoms with van der Waals surface area (Å²) in [6.07, 6.45) is 3.03. The minimum atomic E-state index is -0.0918. The molecule has 2 aliphatic carbocycles. The molecule has 5 aliphatic rings. The number of aromatic nitrogens is 1. The van der Waals surface area contributed by atoms with Gasteiger partial charge in [0.05, 0.1) is 12.8 Å². The number of carbonyl (C=O) groups is 1. The lowest BCUT2D eigenvalue weighted by Gasteiger charge is -2.57. The summed E-state index contributed by atoms with van der Waals surface area (Å²) in [5, 5.41) is 0. The lowest BCUT2D eigenvalue weighted by atomic mass is 9.51. The summed E-state index contributed by atoms with van der Waals surface area (Å²) in [4.78, 5) is 24.5. The van der Waals surface area contributed by atoms with Crippen LogP contribution in [0.3, 0.4) is 0 Å². The molecule has 1 aromatic heterocycles. The molecule has 1 amide bonds. The fourth-order valence-electron chi connectivity index (χ4n) is 8.25. The first-order valence-electron chi connectivity index (χ1n) is 13.7. The Labute approximate surface area is 213 Å². The molecule has 0 radical (unpaired) electrons. The van der Waals surface area contributed by atoms with Gasteiger partial charge in [-0.15, -0.1) is 0 Å². The molecule has 3 aliphatic heterocycles. The highest BCUT2D eigenvalue weighted by Crippen LogP contribution is 2.67. The molecule has 2 bridgehead atoms. The topological polar surface area (TPSA) is 61.0 Å². The average molecular weight is 491 g/mol. The fourth-order valence-corrected chi connectivity index (χ4v) is 8.25. The summed E-state index contributed by atoms with van der Waals surface area (Å²) < 4.78 is 12.7. The number of benzene rings is 1. The third-order valence-electron chi connectivity index (χ3n) is 10.2. The molecule has 1 aromatic carbocycles. The summed E-state index contributed by atoms with van der Waals surface area (Å²) in [6, 6.07) is 5.34. The molecule has 1 unspecified atom stereocenters. The van der Waals surface area contributed by atoms with E-state index in [1.54, 1.807) is 7.11 Å². The van der Waals surface area contributed by atoms with Crippen molar-refractivity contribution in [1.29, 1.82) is 0 Å². The van der Waals surface area contributed by atoms with Crippen molar-refractivity contribution in [3.63, 3.8) is 0 Å². The predicted octanol–water partition coefficient (Wildman–Crippen LogP) is 3.30. The number of hydrogen-bond donors (Lipinski definition) is 1. The first kappa shape index (κ1) is 22.7. The van der Waals surface area contributed by atoms with Crippen LogP contribution in [-0.4, -0.2) is 84.6 Å². The largest absolute Gasteiger partial charge is 0.493 e. The van der Waals surface area contributed by atoms with Gasteiger partial charge in [-0.3, -0.25) is 9.69 Å². The zero-order chi connectivity index (χ0) is 24.9. The highest BCUT2D eigenvalue weighted by Gasteiger charge is 2.65. The maximum Gasteiger partial charge on any atom is 0.270 e. The lowest BCUT2D eigenvalue weighted by molar-refractivity contribution is -0.0256. The molecule has 0 saturated carbocycles. The number of carbonyl (C=O) groups excluding carboxylic acids is 1. The summed E-state index contributed by atoms with van der Waals surface area (Å²) >= 11 is 0. The number of piperidine rings is 1. The highest BCUT2D eigenvalue weighted by atomic mass is 16.5. The Balaban J connectivity index is 1.31. The van der Waals surface area contributed by atoms with E-state index in [9.17, 15) is 4.79 Å². The molecule has 2 aromatic rings. The second-order valence-corrected chi connectivity index (χ2v) is 11.9. The third kappa shape index (κ3) is 2.79. The lowest BCUT2D eigenvalue weighted by Crippen LogP contribution is -2.62. The second kappa shape index (κ2) is 7.75. The molecule has 4 heterocycles. The van der Waals surface area contributed by atoms with E-state index in [4.69, 9.17) is 9.47 Å². The van der Waals surface area contributed by atoms with E-state index < -0.39 is 0 Å². The predicted molar refractivity (Wildman–Crippen MR) is 138 cm³/mol. The number of fused-ring (bicyclic) bond motifs is 2. The van der Waals surface area contributed by atoms with E-state index in [0.717, 1.165) is 80.4 Å². The van der Waals surface area contributed by atoms with Gasteiger partial charge >= 0.3 is 0 Å². The number of likely N-dealkylation sites (tertiary alicyclic amines) is 1. The Morgan fingerprint density at radius 1 is 1.17 bits per heavy atom. The van der Waals surface area contributed by atoms with Gasteiger partial charge in [-0.05, 0) is 82.3 Å². The summed E-state index contributed by atoms with van der Waals surface area (Å²) in [7, 11) is 4.02. The van der Waals surface area contributed by atoms with Crippen LogP contribution in [-0.2, 0) is 18.3 Å². The van der Waals surface area contributed by atoms with E-state index in [1.807, 2.05) is 4.90 Å². The number of aromatic amines is 1. The Morgan fingerprint density at radius 2 is 1.94 bits per heavy atom. The molecule has 7 heteroatoms. The van der Waals surface area contributed by atoms with Gasteiger partial charge in [0, 0.05) is 49.2 Å². The van der Waals surface area contributed by atoms with Crippen LogP contribution in [0.15, 0.2) is 12.1 Å². The number of methoxy groups -OCH3 is 1. The fraction of sp³-hybridized carbons (Fsp3) is 0.621. The summed E-state index contributed by atoms with van der Waals surface area (Å²) in [5.41, 5.74) is 7.06. The van der Waals surface area contributed by atoms with Crippen molar-refractivity contribution in [2.45, 2.75) is 63.6 Å². The SMILES string of the molecule is COc1ccc2c3c1O[C@H]1c4[nH]c(C(=O)N5CCN(C(C)C)CC5)c(C)c4CC4[C@@H](C2)N(C)CC[C@@]341. The van der Waals surface area contributed by atoms with Gasteiger partial charge in [-0.25, -0.2) is 0 Å². The van der Waals surface area contributed by atoms with Crippen molar-refractivity contribution < 1.29 is 14.3 Å². The van der Waals surface area contributed by atoms with Gasteiger partial charge in [-0.2, -0.15) is 0 Å². The molecule has 1 N–H and O–H groups in total. The summed E-state index contributed by atoms with van der Waals surface area (Å²) in [6.45, 7) is 11.1. The van der Waals surface area contributed by atoms with Gasteiger partial charge < -0.3 is 24.3 Å². The monoisotopic (exact) mass is 490 g/mol. The van der Waals surface area contributed by atoms with Gasteiger partial charge in [0.1, 0.15) is 11.8 Å². The summed E-state index contributed by atoms with van der Waals surface area (Å²) in [5.74, 6) is 2.38. The van der Waals surface area contributed by atoms with Crippen LogP contribution in [0.2, 0.25) is 0 Å². The van der Waals surface area contributed by atoms with Crippen LogP contribution in [0.1, 0.15) is 64.8 Å². The van der Waals surface area contributed by atoms with E-state index in [1.165, 1.54) is 16.7 Å². The Hall–Kier alpha value is -2.51. The molecule has 7 rings (SSSR count). The van der Waals surface area contributed by atoms with Crippen LogP contribution in [0, 0.1) is 12.8 Å². The highest BCUT2D eigenvalue weighted by molar-refractivity contribution is 5.94. The van der Waals surface area contributed by atoms with Gasteiger partial charge in [-0.1, -0.05) is 6.07 Å². The number of rotatable bonds is 3. The van der Waals surface area contributed by atoms with Gasteiger partial charge in [0.2, 0.25) is 0 Å². The first-order valence-corrected chi connectivity index (χ1v) is 13.7. The molecule has 2 saturated heterocycles. The zero-order valence-corrected chi connectivity index (χ0v) is 22.2. The molecule has 36 heavy (non-hydrogen) atoms. The van der Waals surface area contributed by atoms with Gasteiger partial charge in [0.25, 0.3) is 5.91 Å². The van der Waals surface area contributed by atoms with E-state index >= 15 is 0 Å². The Morgan fingerprint density at radius 3 is 2.67 bits per heavy atom. The average Bonchev–Trinajstić information content (AvgIpc) is 3.40. The van der Waals surface area contributed by atoms with Crippen molar-refractivity contribution in [2.75, 3.05) is 46.9 Å². The van der Waals surface area contributed by atoms with Crippen LogP contribution >= 0.6 is 0 Å². The number of hydrogen-bond acceptors (Lipinski definition) is 5. The standard InChI is InChI=1S/C29H38N4O3/c1-16(2)32-10-12-33(13-11-32)28(34)24-17(3)19-15-20-21-14-18-6-7-22(35-5)26-23(18)29(20,8-9-31(21)4)27(36-26)25(19)30-24/h6-7,16,20-21,27,30H,8-15H2,1-5H3/t20?,21-,27+,29+/m1/s1. The third-order valence-corrected chi connectivity index (χ3v) is 10.2. The van der Waals surface area contributed by atoms with Crippen LogP contribution in [0.5, 0.6) is 11.5 Å². The smallest absolute Gasteiger partial charge is 0.270 e. The molecular formula is C29H38N4O3. The van der Waals surface area contributed by atoms with Crippen LogP contribution in [0.25, 0.3) is 0 Å². The maximum absolute atomic E-state index is 13.8. The van der Waals surface area contributed by atoms with E-state index in [-0.39, 0.29) is 17.4 Å². The van der Waals surface area contributed by atoms with E-state index in [0.29, 0.717) is 18.0 Å². The first-order chi connectivity index (χ1) is 17.3. The number of piperazine rings is 1. The molecule has 7 nitrogen and oxygen atoms in total. The number of likely N-dealkylation sites (N-methyl/N-ethyl adjacent to an activating group) is 1. The number of amides is 1. The number of ether oxygens (including phenoxy) is 2. The van der Waals surface area contributed by atoms with Crippen LogP contribution in [0.4, 0.5) is 0 Å². The molecule has 2 fully saturated rings. The molecule has 192 valence electrons. The minimum Gasteiger partial charge on any atom is -0.493 e. The maximum atomic E-state index is 13.8. The normalized spacial score (nSPS) is 30.7. The quantitative estimate of drug-likeness (QED) is 0.716. The number of nitrogens with one attached hydrogen (secondary N) is 1. The zero-order valence-electron chi connectivity index (χ0n) is 22.2. The minimum absolute atomic E-state index is 0.0534.